The highest BCUT2D eigenvalue weighted by Gasteiger charge is 2.34. The number of hydrogen-bond acceptors (Lipinski definition) is 0. The molecule has 0 heterocycles. The van der Waals surface area contributed by atoms with E-state index in [1.54, 1.807) is 0 Å². The summed E-state index contributed by atoms with van der Waals surface area (Å²) in [6, 6.07) is 0. The normalized spacial score (nSPS) is 30.1. The van der Waals surface area contributed by atoms with E-state index in [1.807, 2.05) is 0 Å². The maximum atomic E-state index is 3.89. The molecule has 13 heavy (non-hydrogen) atoms. The molecule has 1 rings (SSSR count). The van der Waals surface area contributed by atoms with Gasteiger partial charge in [0.25, 0.3) is 0 Å². The fourth-order valence-electron chi connectivity index (χ4n) is 2.84. The molecule has 0 aromatic heterocycles. The molecule has 0 bridgehead atoms. The Balaban J connectivity index is 2.61. The molecule has 76 valence electrons. The highest BCUT2D eigenvalue weighted by atomic mass is 28.3. The van der Waals surface area contributed by atoms with Gasteiger partial charge in [-0.25, -0.2) is 0 Å². The van der Waals surface area contributed by atoms with Crippen molar-refractivity contribution in [3.63, 3.8) is 0 Å². The molecule has 0 aromatic rings. The second-order valence-corrected chi connectivity index (χ2v) is 11.0. The molecular formula is C12H24Si. The molecule has 0 nitrogen and oxygen atoms in total. The number of allylic oxidation sites excluding steroid dienone is 1. The van der Waals surface area contributed by atoms with Gasteiger partial charge in [0.05, 0.1) is 0 Å². The summed E-state index contributed by atoms with van der Waals surface area (Å²) in [4.78, 5) is 0. The highest BCUT2D eigenvalue weighted by molar-refractivity contribution is 6.77. The first-order valence-electron chi connectivity index (χ1n) is 5.66. The van der Waals surface area contributed by atoms with Crippen LogP contribution in [-0.4, -0.2) is 8.07 Å². The van der Waals surface area contributed by atoms with E-state index in [4.69, 9.17) is 0 Å². The van der Waals surface area contributed by atoms with Crippen LogP contribution in [0.1, 0.15) is 32.1 Å². The molecule has 1 heteroatoms. The van der Waals surface area contributed by atoms with E-state index in [1.165, 1.54) is 32.1 Å². The first kappa shape index (κ1) is 11.0. The fourth-order valence-corrected chi connectivity index (χ4v) is 5.63. The first-order chi connectivity index (χ1) is 6.05. The summed E-state index contributed by atoms with van der Waals surface area (Å²) < 4.78 is 0. The Morgan fingerprint density at radius 3 is 2.38 bits per heavy atom. The Morgan fingerprint density at radius 2 is 1.85 bits per heavy atom. The summed E-state index contributed by atoms with van der Waals surface area (Å²) in [6.45, 7) is 11.5. The Labute approximate surface area is 84.4 Å². The Kier molecular flexibility index (Phi) is 3.78. The average Bonchev–Trinajstić information content (AvgIpc) is 2.04. The summed E-state index contributed by atoms with van der Waals surface area (Å²) in [7, 11) is -0.904. The smallest absolute Gasteiger partial charge is 0.0476 e. The van der Waals surface area contributed by atoms with Gasteiger partial charge in [0, 0.05) is 8.07 Å². The molecule has 1 aliphatic rings. The molecule has 0 amide bonds. The third kappa shape index (κ3) is 2.98. The SMILES string of the molecule is C=CCC1CCCCC1[Si](C)(C)C. The predicted molar refractivity (Wildman–Crippen MR) is 63.9 cm³/mol. The van der Waals surface area contributed by atoms with Crippen molar-refractivity contribution in [1.29, 1.82) is 0 Å². The molecule has 2 atom stereocenters. The number of hydrogen-bond donors (Lipinski definition) is 0. The van der Waals surface area contributed by atoms with Crippen LogP contribution in [0.5, 0.6) is 0 Å². The van der Waals surface area contributed by atoms with E-state index in [0.29, 0.717) is 0 Å². The molecule has 0 N–H and O–H groups in total. The fraction of sp³-hybridized carbons (Fsp3) is 0.833. The van der Waals surface area contributed by atoms with E-state index in [9.17, 15) is 0 Å². The molecular weight excluding hydrogens is 172 g/mol. The lowest BCUT2D eigenvalue weighted by Crippen LogP contribution is -2.35. The van der Waals surface area contributed by atoms with Gasteiger partial charge in [-0.1, -0.05) is 51.4 Å². The van der Waals surface area contributed by atoms with Crippen LogP contribution in [0.2, 0.25) is 25.2 Å². The molecule has 0 aromatic carbocycles. The van der Waals surface area contributed by atoms with Gasteiger partial charge in [-0.15, -0.1) is 6.58 Å². The van der Waals surface area contributed by atoms with Gasteiger partial charge in [-0.2, -0.15) is 0 Å². The van der Waals surface area contributed by atoms with Gasteiger partial charge < -0.3 is 0 Å². The van der Waals surface area contributed by atoms with Crippen LogP contribution < -0.4 is 0 Å². The van der Waals surface area contributed by atoms with Crippen molar-refractivity contribution < 1.29 is 0 Å². The van der Waals surface area contributed by atoms with Crippen LogP contribution in [0, 0.1) is 5.92 Å². The lowest BCUT2D eigenvalue weighted by Gasteiger charge is -2.39. The minimum Gasteiger partial charge on any atom is -0.103 e. The Hall–Kier alpha value is -0.0431. The molecule has 1 fully saturated rings. The van der Waals surface area contributed by atoms with Crippen molar-refractivity contribution >= 4 is 8.07 Å². The average molecular weight is 196 g/mol. The van der Waals surface area contributed by atoms with Crippen molar-refractivity contribution in [3.8, 4) is 0 Å². The summed E-state index contributed by atoms with van der Waals surface area (Å²) in [5, 5.41) is 0. The van der Waals surface area contributed by atoms with E-state index in [2.05, 4.69) is 32.3 Å². The predicted octanol–water partition coefficient (Wildman–Crippen LogP) is 4.46. The minimum atomic E-state index is -0.904. The molecule has 0 aliphatic heterocycles. The van der Waals surface area contributed by atoms with Gasteiger partial charge in [-0.3, -0.25) is 0 Å². The zero-order valence-corrected chi connectivity index (χ0v) is 10.5. The zero-order valence-electron chi connectivity index (χ0n) is 9.47. The van der Waals surface area contributed by atoms with Gasteiger partial charge in [0.15, 0.2) is 0 Å². The maximum Gasteiger partial charge on any atom is 0.0476 e. The first-order valence-corrected chi connectivity index (χ1v) is 9.24. The van der Waals surface area contributed by atoms with Gasteiger partial charge >= 0.3 is 0 Å². The van der Waals surface area contributed by atoms with Crippen molar-refractivity contribution in [2.45, 2.75) is 57.3 Å². The molecule has 1 saturated carbocycles. The standard InChI is InChI=1S/C12H24Si/c1-5-8-11-9-6-7-10-12(11)13(2,3)4/h5,11-12H,1,6-10H2,2-4H3. The minimum absolute atomic E-state index is 0.904. The van der Waals surface area contributed by atoms with Crippen LogP contribution in [0.25, 0.3) is 0 Å². The van der Waals surface area contributed by atoms with E-state index >= 15 is 0 Å². The van der Waals surface area contributed by atoms with Crippen LogP contribution in [0.15, 0.2) is 12.7 Å². The second-order valence-electron chi connectivity index (χ2n) is 5.54. The van der Waals surface area contributed by atoms with Gasteiger partial charge in [-0.05, 0) is 17.9 Å². The van der Waals surface area contributed by atoms with Crippen LogP contribution in [0.3, 0.4) is 0 Å². The van der Waals surface area contributed by atoms with Crippen molar-refractivity contribution in [1.82, 2.24) is 0 Å². The number of rotatable bonds is 3. The van der Waals surface area contributed by atoms with E-state index < -0.39 is 8.07 Å². The third-order valence-corrected chi connectivity index (χ3v) is 6.48. The Morgan fingerprint density at radius 1 is 1.23 bits per heavy atom. The summed E-state index contributed by atoms with van der Waals surface area (Å²) in [5.41, 5.74) is 1.05. The van der Waals surface area contributed by atoms with E-state index in [-0.39, 0.29) is 0 Å². The largest absolute Gasteiger partial charge is 0.103 e. The quantitative estimate of drug-likeness (QED) is 0.462. The zero-order chi connectivity index (χ0) is 9.90. The van der Waals surface area contributed by atoms with Crippen molar-refractivity contribution in [3.05, 3.63) is 12.7 Å². The van der Waals surface area contributed by atoms with Crippen LogP contribution >= 0.6 is 0 Å². The Bertz CT molecular complexity index is 166. The molecule has 0 saturated heterocycles. The van der Waals surface area contributed by atoms with Crippen molar-refractivity contribution in [2.24, 2.45) is 5.92 Å². The lowest BCUT2D eigenvalue weighted by atomic mass is 9.86. The van der Waals surface area contributed by atoms with Crippen LogP contribution in [0.4, 0.5) is 0 Å². The summed E-state index contributed by atoms with van der Waals surface area (Å²) >= 11 is 0. The second kappa shape index (κ2) is 4.45. The summed E-state index contributed by atoms with van der Waals surface area (Å²) in [5.74, 6) is 0.970. The molecule has 2 unspecified atom stereocenters. The molecule has 1 aliphatic carbocycles. The molecule has 0 spiro atoms. The van der Waals surface area contributed by atoms with Gasteiger partial charge in [0.1, 0.15) is 0 Å². The summed E-state index contributed by atoms with van der Waals surface area (Å²) in [6.07, 6.45) is 9.27. The maximum absolute atomic E-state index is 3.89. The van der Waals surface area contributed by atoms with Gasteiger partial charge in [0.2, 0.25) is 0 Å². The van der Waals surface area contributed by atoms with Crippen molar-refractivity contribution in [2.75, 3.05) is 0 Å². The monoisotopic (exact) mass is 196 g/mol. The van der Waals surface area contributed by atoms with Crippen LogP contribution in [-0.2, 0) is 0 Å². The van der Waals surface area contributed by atoms with E-state index in [0.717, 1.165) is 11.5 Å². The molecule has 0 radical (unpaired) electrons. The topological polar surface area (TPSA) is 0 Å². The lowest BCUT2D eigenvalue weighted by molar-refractivity contribution is 0.353. The third-order valence-electron chi connectivity index (χ3n) is 3.49. The highest BCUT2D eigenvalue weighted by Crippen LogP contribution is 2.43.